The first-order valence-electron chi connectivity index (χ1n) is 9.69. The molecule has 0 saturated heterocycles. The number of nitrogens with one attached hydrogen (secondary N) is 2. The SMILES string of the molecule is CCCNC(=O)c1cc(=O)n(CC(=O)Nc2cccc(C)c2C)c2ccccc12. The number of carbonyl (C=O) groups excluding carboxylic acids is 2. The van der Waals surface area contributed by atoms with E-state index in [1.54, 1.807) is 18.2 Å². The van der Waals surface area contributed by atoms with Crippen molar-refractivity contribution in [3.63, 3.8) is 0 Å². The van der Waals surface area contributed by atoms with Crippen molar-refractivity contribution in [3.05, 3.63) is 75.6 Å². The molecular weight excluding hydrogens is 366 g/mol. The summed E-state index contributed by atoms with van der Waals surface area (Å²) in [6.07, 6.45) is 0.805. The van der Waals surface area contributed by atoms with E-state index in [0.717, 1.165) is 23.2 Å². The van der Waals surface area contributed by atoms with E-state index >= 15 is 0 Å². The zero-order chi connectivity index (χ0) is 21.0. The Hall–Kier alpha value is -3.41. The van der Waals surface area contributed by atoms with Crippen LogP contribution in [0.25, 0.3) is 10.9 Å². The lowest BCUT2D eigenvalue weighted by Gasteiger charge is -2.14. The highest BCUT2D eigenvalue weighted by molar-refractivity contribution is 6.06. The summed E-state index contributed by atoms with van der Waals surface area (Å²) >= 11 is 0. The Bertz CT molecular complexity index is 1130. The molecule has 0 spiro atoms. The monoisotopic (exact) mass is 391 g/mol. The zero-order valence-corrected chi connectivity index (χ0v) is 16.9. The fourth-order valence-electron chi connectivity index (χ4n) is 3.24. The molecule has 2 N–H and O–H groups in total. The van der Waals surface area contributed by atoms with Crippen LogP contribution >= 0.6 is 0 Å². The van der Waals surface area contributed by atoms with Crippen molar-refractivity contribution in [3.8, 4) is 0 Å². The fraction of sp³-hybridized carbons (Fsp3) is 0.261. The summed E-state index contributed by atoms with van der Waals surface area (Å²) in [4.78, 5) is 37.9. The normalized spacial score (nSPS) is 10.7. The van der Waals surface area contributed by atoms with Crippen LogP contribution in [-0.2, 0) is 11.3 Å². The number of para-hydroxylation sites is 1. The van der Waals surface area contributed by atoms with Gasteiger partial charge < -0.3 is 10.6 Å². The van der Waals surface area contributed by atoms with Gasteiger partial charge in [0.15, 0.2) is 0 Å². The molecule has 0 fully saturated rings. The Balaban J connectivity index is 1.95. The van der Waals surface area contributed by atoms with E-state index in [4.69, 9.17) is 0 Å². The van der Waals surface area contributed by atoms with Crippen molar-refractivity contribution in [1.29, 1.82) is 0 Å². The number of hydrogen-bond donors (Lipinski definition) is 2. The van der Waals surface area contributed by atoms with Gasteiger partial charge >= 0.3 is 0 Å². The number of hydrogen-bond acceptors (Lipinski definition) is 3. The number of aromatic nitrogens is 1. The summed E-state index contributed by atoms with van der Waals surface area (Å²) in [6, 6.07) is 14.1. The van der Waals surface area contributed by atoms with Gasteiger partial charge in [-0.15, -0.1) is 0 Å². The van der Waals surface area contributed by atoms with Gasteiger partial charge in [0.05, 0.1) is 11.1 Å². The van der Waals surface area contributed by atoms with Crippen molar-refractivity contribution < 1.29 is 9.59 Å². The second-order valence-corrected chi connectivity index (χ2v) is 7.05. The average molecular weight is 391 g/mol. The van der Waals surface area contributed by atoms with Gasteiger partial charge in [0.1, 0.15) is 6.54 Å². The summed E-state index contributed by atoms with van der Waals surface area (Å²) in [5, 5.41) is 6.32. The Morgan fingerprint density at radius 1 is 1.03 bits per heavy atom. The molecule has 3 aromatic rings. The highest BCUT2D eigenvalue weighted by atomic mass is 16.2. The van der Waals surface area contributed by atoms with E-state index in [0.29, 0.717) is 23.0 Å². The second-order valence-electron chi connectivity index (χ2n) is 7.05. The zero-order valence-electron chi connectivity index (χ0n) is 16.9. The molecule has 0 atom stereocenters. The second kappa shape index (κ2) is 8.73. The van der Waals surface area contributed by atoms with Gasteiger partial charge in [0.25, 0.3) is 11.5 Å². The predicted octanol–water partition coefficient (Wildman–Crippen LogP) is 3.40. The number of benzene rings is 2. The van der Waals surface area contributed by atoms with Gasteiger partial charge in [-0.25, -0.2) is 0 Å². The number of aryl methyl sites for hydroxylation is 1. The lowest BCUT2D eigenvalue weighted by molar-refractivity contribution is -0.116. The highest BCUT2D eigenvalue weighted by Gasteiger charge is 2.16. The molecule has 1 aromatic heterocycles. The topological polar surface area (TPSA) is 80.2 Å². The minimum Gasteiger partial charge on any atom is -0.352 e. The lowest BCUT2D eigenvalue weighted by Crippen LogP contribution is -2.31. The molecule has 0 unspecified atom stereocenters. The first-order chi connectivity index (χ1) is 13.9. The van der Waals surface area contributed by atoms with Gasteiger partial charge in [0, 0.05) is 23.7 Å². The van der Waals surface area contributed by atoms with Crippen molar-refractivity contribution in [2.45, 2.75) is 33.7 Å². The van der Waals surface area contributed by atoms with Crippen LogP contribution in [0.15, 0.2) is 53.3 Å². The van der Waals surface area contributed by atoms with Gasteiger partial charge in [0.2, 0.25) is 5.91 Å². The number of amides is 2. The Kier molecular flexibility index (Phi) is 6.12. The average Bonchev–Trinajstić information content (AvgIpc) is 2.71. The maximum atomic E-state index is 12.7. The fourth-order valence-corrected chi connectivity index (χ4v) is 3.24. The van der Waals surface area contributed by atoms with Crippen LogP contribution in [0, 0.1) is 13.8 Å². The molecule has 6 heteroatoms. The number of carbonyl (C=O) groups is 2. The van der Waals surface area contributed by atoms with E-state index in [2.05, 4.69) is 10.6 Å². The third-order valence-electron chi connectivity index (χ3n) is 4.98. The van der Waals surface area contributed by atoms with Crippen LogP contribution in [0.1, 0.15) is 34.8 Å². The van der Waals surface area contributed by atoms with Crippen LogP contribution in [0.4, 0.5) is 5.69 Å². The largest absolute Gasteiger partial charge is 0.352 e. The molecule has 0 bridgehead atoms. The highest BCUT2D eigenvalue weighted by Crippen LogP contribution is 2.19. The molecule has 29 heavy (non-hydrogen) atoms. The first-order valence-corrected chi connectivity index (χ1v) is 9.69. The summed E-state index contributed by atoms with van der Waals surface area (Å²) in [7, 11) is 0. The molecule has 1 heterocycles. The maximum Gasteiger partial charge on any atom is 0.252 e. The molecular formula is C23H25N3O3. The van der Waals surface area contributed by atoms with Crippen molar-refractivity contribution in [1.82, 2.24) is 9.88 Å². The molecule has 2 aromatic carbocycles. The minimum atomic E-state index is -0.388. The van der Waals surface area contributed by atoms with E-state index in [9.17, 15) is 14.4 Å². The Labute approximate surface area is 169 Å². The number of nitrogens with zero attached hydrogens (tertiary/aromatic N) is 1. The van der Waals surface area contributed by atoms with Crippen LogP contribution < -0.4 is 16.2 Å². The number of anilines is 1. The van der Waals surface area contributed by atoms with Crippen LogP contribution in [-0.4, -0.2) is 22.9 Å². The third-order valence-corrected chi connectivity index (χ3v) is 4.98. The summed E-state index contributed by atoms with van der Waals surface area (Å²) < 4.78 is 1.40. The standard InChI is InChI=1S/C23H25N3O3/c1-4-12-24-23(29)18-13-22(28)26(20-11-6-5-9-17(18)20)14-21(27)25-19-10-7-8-15(2)16(19)3/h5-11,13H,4,12,14H2,1-3H3,(H,24,29)(H,25,27). The van der Waals surface area contributed by atoms with Crippen molar-refractivity contribution >= 4 is 28.4 Å². The summed E-state index contributed by atoms with van der Waals surface area (Å²) in [6.45, 7) is 6.28. The number of fused-ring (bicyclic) bond motifs is 1. The van der Waals surface area contributed by atoms with Gasteiger partial charge in [-0.2, -0.15) is 0 Å². The third kappa shape index (κ3) is 4.37. The van der Waals surface area contributed by atoms with Gasteiger partial charge in [-0.05, 0) is 43.5 Å². The Morgan fingerprint density at radius 2 is 1.79 bits per heavy atom. The molecule has 0 aliphatic heterocycles. The smallest absolute Gasteiger partial charge is 0.252 e. The molecule has 6 nitrogen and oxygen atoms in total. The number of rotatable bonds is 6. The molecule has 2 amide bonds. The summed E-state index contributed by atoms with van der Waals surface area (Å²) in [5.41, 5.74) is 3.28. The van der Waals surface area contributed by atoms with E-state index < -0.39 is 0 Å². The first kappa shape index (κ1) is 20.3. The van der Waals surface area contributed by atoms with Crippen molar-refractivity contribution in [2.75, 3.05) is 11.9 Å². The van der Waals surface area contributed by atoms with E-state index in [-0.39, 0.29) is 23.9 Å². The van der Waals surface area contributed by atoms with Gasteiger partial charge in [-0.1, -0.05) is 37.3 Å². The Morgan fingerprint density at radius 3 is 2.55 bits per heavy atom. The molecule has 3 rings (SSSR count). The number of pyridine rings is 1. The quantitative estimate of drug-likeness (QED) is 0.676. The van der Waals surface area contributed by atoms with E-state index in [1.165, 1.54) is 10.6 Å². The van der Waals surface area contributed by atoms with Crippen molar-refractivity contribution in [2.24, 2.45) is 0 Å². The lowest BCUT2D eigenvalue weighted by atomic mass is 10.1. The van der Waals surface area contributed by atoms with Crippen LogP contribution in [0.3, 0.4) is 0 Å². The minimum absolute atomic E-state index is 0.135. The van der Waals surface area contributed by atoms with Crippen LogP contribution in [0.2, 0.25) is 0 Å². The summed E-state index contributed by atoms with van der Waals surface area (Å²) in [5.74, 6) is -0.582. The maximum absolute atomic E-state index is 12.7. The van der Waals surface area contributed by atoms with Crippen LogP contribution in [0.5, 0.6) is 0 Å². The molecule has 0 aliphatic carbocycles. The molecule has 0 radical (unpaired) electrons. The predicted molar refractivity (Wildman–Crippen MR) is 115 cm³/mol. The van der Waals surface area contributed by atoms with E-state index in [1.807, 2.05) is 45.0 Å². The molecule has 0 aliphatic rings. The molecule has 150 valence electrons. The molecule has 0 saturated carbocycles. The van der Waals surface area contributed by atoms with Gasteiger partial charge in [-0.3, -0.25) is 19.0 Å².